The van der Waals surface area contributed by atoms with E-state index < -0.39 is 0 Å². The van der Waals surface area contributed by atoms with Gasteiger partial charge in [0.15, 0.2) is 4.96 Å². The maximum absolute atomic E-state index is 12.2. The Morgan fingerprint density at radius 1 is 1.36 bits per heavy atom. The average molecular weight is 313 g/mol. The Morgan fingerprint density at radius 2 is 2.14 bits per heavy atom. The molecule has 0 spiro atoms. The lowest BCUT2D eigenvalue weighted by molar-refractivity contribution is 0.0949. The van der Waals surface area contributed by atoms with Crippen LogP contribution in [0.1, 0.15) is 28.8 Å². The molecule has 0 aliphatic rings. The molecule has 1 unspecified atom stereocenters. The van der Waals surface area contributed by atoms with Crippen LogP contribution in [0.3, 0.4) is 0 Å². The number of carbonyl (C=O) groups is 1. The third-order valence-electron chi connectivity index (χ3n) is 3.52. The van der Waals surface area contributed by atoms with E-state index in [0.29, 0.717) is 11.5 Å². The minimum Gasteiger partial charge on any atom is -0.351 e. The number of carbonyl (C=O) groups excluding carboxylic acids is 1. The maximum atomic E-state index is 12.2. The molecule has 22 heavy (non-hydrogen) atoms. The molecule has 1 N–H and O–H groups in total. The van der Waals surface area contributed by atoms with Gasteiger partial charge in [0, 0.05) is 24.3 Å². The number of rotatable bonds is 4. The zero-order valence-electron chi connectivity index (χ0n) is 12.0. The molecule has 6 heteroatoms. The fourth-order valence-electron chi connectivity index (χ4n) is 2.22. The Balaban J connectivity index is 1.74. The summed E-state index contributed by atoms with van der Waals surface area (Å²) in [5.74, 6) is -0.216. The Labute approximate surface area is 131 Å². The highest BCUT2D eigenvalue weighted by Crippen LogP contribution is 2.13. The number of nitrogens with one attached hydrogen (secondary N) is 1. The van der Waals surface area contributed by atoms with Gasteiger partial charge in [-0.3, -0.25) is 14.0 Å². The normalized spacial score (nSPS) is 12.2. The molecule has 0 saturated heterocycles. The van der Waals surface area contributed by atoms with E-state index in [-0.39, 0.29) is 22.9 Å². The van der Waals surface area contributed by atoms with Crippen LogP contribution in [0.4, 0.5) is 0 Å². The molecule has 3 aromatic rings. The number of nitrogens with zero attached hydrogens (tertiary/aromatic N) is 2. The van der Waals surface area contributed by atoms with E-state index in [0.717, 1.165) is 5.56 Å². The Morgan fingerprint density at radius 3 is 2.91 bits per heavy atom. The first-order valence-electron chi connectivity index (χ1n) is 6.95. The van der Waals surface area contributed by atoms with Crippen molar-refractivity contribution in [1.29, 1.82) is 0 Å². The Hall–Kier alpha value is -2.47. The highest BCUT2D eigenvalue weighted by Gasteiger charge is 2.14. The maximum Gasteiger partial charge on any atom is 0.271 e. The molecule has 0 radical (unpaired) electrons. The van der Waals surface area contributed by atoms with Crippen LogP contribution in [0.2, 0.25) is 0 Å². The molecule has 1 aromatic carbocycles. The quantitative estimate of drug-likeness (QED) is 0.804. The lowest BCUT2D eigenvalue weighted by Gasteiger charge is -2.12. The standard InChI is InChI=1S/C16H15N3O2S/c1-11(12-5-3-2-4-6-12)9-17-14(20)13-10-18-16-19(15(13)21)7-8-22-16/h2-8,10-11H,9H2,1H3,(H,17,20). The van der Waals surface area contributed by atoms with Crippen LogP contribution in [0, 0.1) is 0 Å². The largest absolute Gasteiger partial charge is 0.351 e. The van der Waals surface area contributed by atoms with Crippen molar-refractivity contribution in [2.45, 2.75) is 12.8 Å². The number of aromatic nitrogens is 2. The summed E-state index contributed by atoms with van der Waals surface area (Å²) in [4.78, 5) is 29.1. The van der Waals surface area contributed by atoms with Gasteiger partial charge >= 0.3 is 0 Å². The summed E-state index contributed by atoms with van der Waals surface area (Å²) in [6.45, 7) is 2.50. The fourth-order valence-corrected chi connectivity index (χ4v) is 2.90. The first-order chi connectivity index (χ1) is 10.7. The topological polar surface area (TPSA) is 63.5 Å². The van der Waals surface area contributed by atoms with E-state index in [9.17, 15) is 9.59 Å². The Bertz CT molecular complexity index is 854. The van der Waals surface area contributed by atoms with E-state index in [4.69, 9.17) is 0 Å². The highest BCUT2D eigenvalue weighted by atomic mass is 32.1. The fraction of sp³-hybridized carbons (Fsp3) is 0.188. The second-order valence-corrected chi connectivity index (χ2v) is 5.93. The van der Waals surface area contributed by atoms with Gasteiger partial charge in [0.05, 0.1) is 0 Å². The van der Waals surface area contributed by atoms with Gasteiger partial charge in [-0.15, -0.1) is 11.3 Å². The lowest BCUT2D eigenvalue weighted by atomic mass is 10.0. The van der Waals surface area contributed by atoms with Crippen molar-refractivity contribution >= 4 is 22.2 Å². The van der Waals surface area contributed by atoms with E-state index >= 15 is 0 Å². The van der Waals surface area contributed by atoms with Gasteiger partial charge in [0.2, 0.25) is 0 Å². The van der Waals surface area contributed by atoms with Gasteiger partial charge in [-0.2, -0.15) is 0 Å². The average Bonchev–Trinajstić information content (AvgIpc) is 3.03. The van der Waals surface area contributed by atoms with Crippen molar-refractivity contribution < 1.29 is 4.79 Å². The molecule has 2 heterocycles. The summed E-state index contributed by atoms with van der Waals surface area (Å²) in [6.07, 6.45) is 2.97. The van der Waals surface area contributed by atoms with Crippen molar-refractivity contribution in [3.8, 4) is 0 Å². The van der Waals surface area contributed by atoms with Crippen molar-refractivity contribution in [2.24, 2.45) is 0 Å². The van der Waals surface area contributed by atoms with E-state index in [2.05, 4.69) is 10.3 Å². The molecule has 2 aromatic heterocycles. The molecule has 0 bridgehead atoms. The second kappa shape index (κ2) is 6.11. The van der Waals surface area contributed by atoms with Crippen LogP contribution >= 0.6 is 11.3 Å². The third kappa shape index (κ3) is 2.78. The predicted molar refractivity (Wildman–Crippen MR) is 86.5 cm³/mol. The second-order valence-electron chi connectivity index (χ2n) is 5.05. The minimum absolute atomic E-state index is 0.0659. The molecule has 0 saturated carbocycles. The van der Waals surface area contributed by atoms with Crippen LogP contribution in [0.15, 0.2) is 52.9 Å². The molecule has 3 rings (SSSR count). The van der Waals surface area contributed by atoms with Gasteiger partial charge in [-0.05, 0) is 11.5 Å². The SMILES string of the molecule is CC(CNC(=O)c1cnc2sccn2c1=O)c1ccccc1. The summed E-state index contributed by atoms with van der Waals surface area (Å²) in [5, 5.41) is 4.57. The minimum atomic E-state index is -0.388. The third-order valence-corrected chi connectivity index (χ3v) is 4.30. The summed E-state index contributed by atoms with van der Waals surface area (Å²) in [7, 11) is 0. The van der Waals surface area contributed by atoms with Gasteiger partial charge in [0.1, 0.15) is 5.56 Å². The van der Waals surface area contributed by atoms with Crippen molar-refractivity contribution in [1.82, 2.24) is 14.7 Å². The van der Waals surface area contributed by atoms with Crippen LogP contribution in [-0.4, -0.2) is 21.8 Å². The molecule has 1 amide bonds. The van der Waals surface area contributed by atoms with Crippen molar-refractivity contribution in [3.63, 3.8) is 0 Å². The highest BCUT2D eigenvalue weighted by molar-refractivity contribution is 7.15. The molecule has 5 nitrogen and oxygen atoms in total. The van der Waals surface area contributed by atoms with E-state index in [1.807, 2.05) is 37.3 Å². The zero-order chi connectivity index (χ0) is 15.5. The van der Waals surface area contributed by atoms with Gasteiger partial charge in [-0.1, -0.05) is 37.3 Å². The predicted octanol–water partition coefficient (Wildman–Crippen LogP) is 2.29. The Kier molecular flexibility index (Phi) is 4.02. The summed E-state index contributed by atoms with van der Waals surface area (Å²) in [5.41, 5.74) is 0.873. The monoisotopic (exact) mass is 313 g/mol. The number of thiazole rings is 1. The number of amides is 1. The molecule has 1 atom stereocenters. The molecular weight excluding hydrogens is 298 g/mol. The van der Waals surface area contributed by atoms with Crippen LogP contribution in [0.5, 0.6) is 0 Å². The van der Waals surface area contributed by atoms with Crippen LogP contribution in [-0.2, 0) is 0 Å². The number of hydrogen-bond acceptors (Lipinski definition) is 4. The van der Waals surface area contributed by atoms with Crippen LogP contribution < -0.4 is 10.9 Å². The summed E-state index contributed by atoms with van der Waals surface area (Å²) < 4.78 is 1.39. The summed E-state index contributed by atoms with van der Waals surface area (Å²) in [6, 6.07) is 9.93. The zero-order valence-corrected chi connectivity index (χ0v) is 12.8. The molecule has 0 fully saturated rings. The van der Waals surface area contributed by atoms with Crippen molar-refractivity contribution in [3.05, 3.63) is 69.6 Å². The number of hydrogen-bond donors (Lipinski definition) is 1. The molecule has 112 valence electrons. The van der Waals surface area contributed by atoms with Gasteiger partial charge in [0.25, 0.3) is 11.5 Å². The van der Waals surface area contributed by atoms with Crippen LogP contribution in [0.25, 0.3) is 4.96 Å². The van der Waals surface area contributed by atoms with E-state index in [1.165, 1.54) is 21.9 Å². The molecule has 0 aliphatic carbocycles. The first-order valence-corrected chi connectivity index (χ1v) is 7.83. The summed E-state index contributed by atoms with van der Waals surface area (Å²) >= 11 is 1.36. The lowest BCUT2D eigenvalue weighted by Crippen LogP contribution is -2.33. The van der Waals surface area contributed by atoms with Gasteiger partial charge < -0.3 is 5.32 Å². The molecular formula is C16H15N3O2S. The molecule has 0 aliphatic heterocycles. The van der Waals surface area contributed by atoms with E-state index in [1.54, 1.807) is 11.6 Å². The smallest absolute Gasteiger partial charge is 0.271 e. The number of fused-ring (bicyclic) bond motifs is 1. The number of benzene rings is 1. The first kappa shape index (κ1) is 14.5. The van der Waals surface area contributed by atoms with Gasteiger partial charge in [-0.25, -0.2) is 4.98 Å². The van der Waals surface area contributed by atoms with Crippen molar-refractivity contribution in [2.75, 3.05) is 6.54 Å².